The van der Waals surface area contributed by atoms with E-state index in [9.17, 15) is 9.59 Å². The molecule has 1 aliphatic carbocycles. The Bertz CT molecular complexity index is 616. The van der Waals surface area contributed by atoms with Gasteiger partial charge in [-0.3, -0.25) is 14.6 Å². The van der Waals surface area contributed by atoms with Crippen LogP contribution in [-0.2, 0) is 9.59 Å². The largest absolute Gasteiger partial charge is 0.493 e. The van der Waals surface area contributed by atoms with E-state index in [1.165, 1.54) is 26.8 Å². The topological polar surface area (TPSA) is 134 Å². The molecule has 0 spiro atoms. The number of carbonyl (C=O) groups excluding carboxylic acids is 2. The zero-order valence-electron chi connectivity index (χ0n) is 16.4. The lowest BCUT2D eigenvalue weighted by Gasteiger charge is -2.10. The van der Waals surface area contributed by atoms with E-state index in [-0.39, 0.29) is 11.6 Å². The standard InChI is InChI=1S/C13H17N3O2.C4H10.C2H5NO/c1-16-12(13(15)17)10-6-9(4-5-11(10)14)18-7-8-2-3-8;1-4(2)3;1-2(3)4/h4-6,8H,2-3,7,14H2,1H3,(H2,15,17);4H,1-3H3;1H3,(H2,3,4). The number of nitrogen functional groups attached to an aromatic ring is 1. The van der Waals surface area contributed by atoms with Gasteiger partial charge >= 0.3 is 0 Å². The summed E-state index contributed by atoms with van der Waals surface area (Å²) in [6, 6.07) is 5.20. The summed E-state index contributed by atoms with van der Waals surface area (Å²) in [5.41, 5.74) is 16.7. The Hall–Kier alpha value is -2.57. The second kappa shape index (κ2) is 11.9. The van der Waals surface area contributed by atoms with Gasteiger partial charge in [-0.05, 0) is 42.9 Å². The summed E-state index contributed by atoms with van der Waals surface area (Å²) in [5.74, 6) is 1.26. The molecule has 0 heterocycles. The van der Waals surface area contributed by atoms with Crippen LogP contribution in [0.5, 0.6) is 5.75 Å². The van der Waals surface area contributed by atoms with Crippen LogP contribution in [0, 0.1) is 11.8 Å². The molecule has 1 aromatic carbocycles. The summed E-state index contributed by atoms with van der Waals surface area (Å²) in [6.45, 7) is 8.51. The van der Waals surface area contributed by atoms with Gasteiger partial charge in [0.25, 0.3) is 5.91 Å². The molecule has 2 rings (SSSR count). The van der Waals surface area contributed by atoms with Gasteiger partial charge in [-0.2, -0.15) is 0 Å². The fourth-order valence-electron chi connectivity index (χ4n) is 1.69. The van der Waals surface area contributed by atoms with E-state index in [1.54, 1.807) is 18.2 Å². The average Bonchev–Trinajstić information content (AvgIpc) is 3.31. The fourth-order valence-corrected chi connectivity index (χ4v) is 1.69. The monoisotopic (exact) mass is 364 g/mol. The Balaban J connectivity index is 0.000000662. The second-order valence-electron chi connectivity index (χ2n) is 6.78. The van der Waals surface area contributed by atoms with Crippen molar-refractivity contribution < 1.29 is 14.3 Å². The maximum atomic E-state index is 11.3. The number of nitrogens with zero attached hydrogens (tertiary/aromatic N) is 1. The van der Waals surface area contributed by atoms with Crippen molar-refractivity contribution in [3.63, 3.8) is 0 Å². The molecular formula is C19H32N4O3. The highest BCUT2D eigenvalue weighted by Gasteiger charge is 2.22. The fraction of sp³-hybridized carbons (Fsp3) is 0.526. The van der Waals surface area contributed by atoms with Crippen LogP contribution in [0.4, 0.5) is 5.69 Å². The number of carbonyl (C=O) groups is 2. The van der Waals surface area contributed by atoms with Crippen LogP contribution >= 0.6 is 0 Å². The number of hydrogen-bond donors (Lipinski definition) is 3. The van der Waals surface area contributed by atoms with Crippen molar-refractivity contribution in [3.8, 4) is 5.75 Å². The number of nitrogens with two attached hydrogens (primary N) is 3. The molecule has 0 unspecified atom stereocenters. The Morgan fingerprint density at radius 3 is 2.12 bits per heavy atom. The van der Waals surface area contributed by atoms with Gasteiger partial charge in [0, 0.05) is 25.2 Å². The molecule has 0 aliphatic heterocycles. The quantitative estimate of drug-likeness (QED) is 0.545. The van der Waals surface area contributed by atoms with Crippen molar-refractivity contribution in [1.82, 2.24) is 0 Å². The third kappa shape index (κ3) is 11.1. The number of aliphatic imine (C=N–C) groups is 1. The van der Waals surface area contributed by atoms with Crippen molar-refractivity contribution in [3.05, 3.63) is 23.8 Å². The van der Waals surface area contributed by atoms with Crippen LogP contribution in [-0.4, -0.2) is 31.2 Å². The van der Waals surface area contributed by atoms with Gasteiger partial charge in [-0.1, -0.05) is 20.8 Å². The highest BCUT2D eigenvalue weighted by molar-refractivity contribution is 6.46. The molecule has 26 heavy (non-hydrogen) atoms. The third-order valence-electron chi connectivity index (χ3n) is 2.92. The first kappa shape index (κ1) is 23.4. The molecule has 1 aromatic rings. The summed E-state index contributed by atoms with van der Waals surface area (Å²) in [5, 5.41) is 0. The molecule has 0 aromatic heterocycles. The molecule has 0 bridgehead atoms. The molecule has 0 atom stereocenters. The lowest BCUT2D eigenvalue weighted by molar-refractivity contribution is -0.116. The highest BCUT2D eigenvalue weighted by Crippen LogP contribution is 2.30. The number of ether oxygens (including phenoxy) is 1. The number of amides is 2. The van der Waals surface area contributed by atoms with E-state index in [4.69, 9.17) is 16.2 Å². The van der Waals surface area contributed by atoms with Gasteiger partial charge in [0.15, 0.2) is 0 Å². The van der Waals surface area contributed by atoms with Crippen LogP contribution in [0.2, 0.25) is 0 Å². The molecule has 2 amide bonds. The number of benzene rings is 1. The van der Waals surface area contributed by atoms with E-state index < -0.39 is 5.91 Å². The third-order valence-corrected chi connectivity index (χ3v) is 2.92. The van der Waals surface area contributed by atoms with Crippen molar-refractivity contribution >= 4 is 23.2 Å². The van der Waals surface area contributed by atoms with Gasteiger partial charge < -0.3 is 21.9 Å². The van der Waals surface area contributed by atoms with Crippen molar-refractivity contribution in [1.29, 1.82) is 0 Å². The van der Waals surface area contributed by atoms with Crippen LogP contribution in [0.25, 0.3) is 0 Å². The normalized spacial score (nSPS) is 13.1. The molecule has 6 N–H and O–H groups in total. The van der Waals surface area contributed by atoms with Crippen molar-refractivity contribution in [2.24, 2.45) is 28.3 Å². The molecule has 7 heteroatoms. The van der Waals surface area contributed by atoms with E-state index in [1.807, 2.05) is 0 Å². The second-order valence-corrected chi connectivity index (χ2v) is 6.78. The summed E-state index contributed by atoms with van der Waals surface area (Å²) >= 11 is 0. The zero-order valence-corrected chi connectivity index (χ0v) is 16.4. The predicted octanol–water partition coefficient (Wildman–Crippen LogP) is 2.12. The zero-order chi connectivity index (χ0) is 20.3. The summed E-state index contributed by atoms with van der Waals surface area (Å²) < 4.78 is 5.64. The van der Waals surface area contributed by atoms with Crippen LogP contribution in [0.3, 0.4) is 0 Å². The van der Waals surface area contributed by atoms with Crippen LogP contribution in [0.15, 0.2) is 23.2 Å². The van der Waals surface area contributed by atoms with Gasteiger partial charge in [0.2, 0.25) is 5.91 Å². The summed E-state index contributed by atoms with van der Waals surface area (Å²) in [4.78, 5) is 24.4. The van der Waals surface area contributed by atoms with Crippen molar-refractivity contribution in [2.45, 2.75) is 40.5 Å². The molecule has 7 nitrogen and oxygen atoms in total. The van der Waals surface area contributed by atoms with Gasteiger partial charge in [-0.15, -0.1) is 0 Å². The first-order chi connectivity index (χ1) is 12.1. The minimum Gasteiger partial charge on any atom is -0.493 e. The minimum absolute atomic E-state index is 0.171. The summed E-state index contributed by atoms with van der Waals surface area (Å²) in [7, 11) is 1.51. The predicted molar refractivity (Wildman–Crippen MR) is 106 cm³/mol. The van der Waals surface area contributed by atoms with Gasteiger partial charge in [-0.25, -0.2) is 0 Å². The molecule has 1 saturated carbocycles. The molecule has 1 aliphatic rings. The lowest BCUT2D eigenvalue weighted by atomic mass is 10.1. The van der Waals surface area contributed by atoms with Crippen LogP contribution < -0.4 is 21.9 Å². The Labute approximate surface area is 156 Å². The Morgan fingerprint density at radius 2 is 1.73 bits per heavy atom. The Morgan fingerprint density at radius 1 is 1.23 bits per heavy atom. The average molecular weight is 364 g/mol. The minimum atomic E-state index is -0.594. The highest BCUT2D eigenvalue weighted by atomic mass is 16.5. The molecule has 1 fully saturated rings. The molecule has 146 valence electrons. The maximum Gasteiger partial charge on any atom is 0.267 e. The number of hydrogen-bond acceptors (Lipinski definition) is 5. The number of rotatable bonds is 5. The van der Waals surface area contributed by atoms with E-state index in [0.717, 1.165) is 5.92 Å². The molecular weight excluding hydrogens is 332 g/mol. The first-order valence-electron chi connectivity index (χ1n) is 8.63. The lowest BCUT2D eigenvalue weighted by Crippen LogP contribution is -2.25. The van der Waals surface area contributed by atoms with Gasteiger partial charge in [0.1, 0.15) is 11.5 Å². The number of primary amides is 2. The molecule has 0 radical (unpaired) electrons. The van der Waals surface area contributed by atoms with Crippen LogP contribution in [0.1, 0.15) is 46.1 Å². The SMILES string of the molecule is CC(C)C.CC(N)=O.CN=C(C(N)=O)c1cc(OCC2CC2)ccc1N. The Kier molecular flexibility index (Phi) is 10.7. The van der Waals surface area contributed by atoms with E-state index >= 15 is 0 Å². The van der Waals surface area contributed by atoms with Gasteiger partial charge in [0.05, 0.1) is 6.61 Å². The summed E-state index contributed by atoms with van der Waals surface area (Å²) in [6.07, 6.45) is 2.45. The van der Waals surface area contributed by atoms with E-state index in [0.29, 0.717) is 29.5 Å². The number of anilines is 1. The van der Waals surface area contributed by atoms with E-state index in [2.05, 4.69) is 31.5 Å². The van der Waals surface area contributed by atoms with Crippen molar-refractivity contribution in [2.75, 3.05) is 19.4 Å². The first-order valence-corrected chi connectivity index (χ1v) is 8.63. The molecule has 0 saturated heterocycles. The maximum absolute atomic E-state index is 11.3. The smallest absolute Gasteiger partial charge is 0.267 e.